The summed E-state index contributed by atoms with van der Waals surface area (Å²) in [5.74, 6) is 3.80. The highest BCUT2D eigenvalue weighted by atomic mass is 19.4. The van der Waals surface area contributed by atoms with E-state index in [1.807, 2.05) is 0 Å². The lowest BCUT2D eigenvalue weighted by molar-refractivity contribution is -0.137. The Kier molecular flexibility index (Phi) is 8.40. The van der Waals surface area contributed by atoms with Crippen molar-refractivity contribution in [3.63, 3.8) is 0 Å². The summed E-state index contributed by atoms with van der Waals surface area (Å²) in [4.78, 5) is 22.7. The van der Waals surface area contributed by atoms with Crippen LogP contribution in [0.4, 0.5) is 29.2 Å². The van der Waals surface area contributed by atoms with Crippen LogP contribution in [0.3, 0.4) is 0 Å². The zero-order valence-corrected chi connectivity index (χ0v) is 20.0. The molecule has 8 nitrogen and oxygen atoms in total. The second kappa shape index (κ2) is 11.9. The van der Waals surface area contributed by atoms with Gasteiger partial charge in [-0.1, -0.05) is 11.8 Å². The average Bonchev–Trinajstić information content (AvgIpc) is 2.90. The number of nitrogen functional groups attached to an aromatic ring is 1. The standard InChI is InChI=1S/C26H23F4N5O3/c27-21-5-3-17(1-2-18-15-32-25(31)33-16-18)13-20(21)24(36)34-22-14-19(26(28,29)30)4-6-23(22)38-12-9-35-7-10-37-11-8-35/h3-6,13-16H,7-12H2,(H,34,36)(H2,31,32,33). The van der Waals surface area contributed by atoms with Crippen molar-refractivity contribution in [3.8, 4) is 17.6 Å². The number of anilines is 2. The number of rotatable bonds is 6. The van der Waals surface area contributed by atoms with Gasteiger partial charge in [-0.2, -0.15) is 13.2 Å². The van der Waals surface area contributed by atoms with Crippen LogP contribution in [0.15, 0.2) is 48.8 Å². The molecular weight excluding hydrogens is 506 g/mol. The van der Waals surface area contributed by atoms with Crippen molar-refractivity contribution in [1.82, 2.24) is 14.9 Å². The molecule has 1 aliphatic heterocycles. The molecule has 1 saturated heterocycles. The fourth-order valence-electron chi connectivity index (χ4n) is 3.55. The lowest BCUT2D eigenvalue weighted by atomic mass is 10.1. The molecule has 4 rings (SSSR count). The van der Waals surface area contributed by atoms with E-state index < -0.39 is 29.0 Å². The molecule has 1 amide bonds. The number of halogens is 4. The van der Waals surface area contributed by atoms with E-state index in [4.69, 9.17) is 15.2 Å². The van der Waals surface area contributed by atoms with E-state index in [0.29, 0.717) is 44.0 Å². The number of carbonyl (C=O) groups is 1. The first-order valence-corrected chi connectivity index (χ1v) is 11.5. The third-order valence-electron chi connectivity index (χ3n) is 5.56. The van der Waals surface area contributed by atoms with Gasteiger partial charge < -0.3 is 20.5 Å². The molecule has 1 fully saturated rings. The molecule has 0 spiro atoms. The lowest BCUT2D eigenvalue weighted by Crippen LogP contribution is -2.38. The highest BCUT2D eigenvalue weighted by Gasteiger charge is 2.31. The van der Waals surface area contributed by atoms with Gasteiger partial charge in [-0.3, -0.25) is 9.69 Å². The molecule has 0 atom stereocenters. The minimum atomic E-state index is -4.65. The molecule has 3 aromatic rings. The molecule has 1 aliphatic rings. The van der Waals surface area contributed by atoms with Crippen LogP contribution < -0.4 is 15.8 Å². The summed E-state index contributed by atoms with van der Waals surface area (Å²) >= 11 is 0. The van der Waals surface area contributed by atoms with E-state index >= 15 is 0 Å². The van der Waals surface area contributed by atoms with Gasteiger partial charge in [0.1, 0.15) is 18.2 Å². The van der Waals surface area contributed by atoms with Crippen LogP contribution in [0.25, 0.3) is 0 Å². The van der Waals surface area contributed by atoms with E-state index in [1.165, 1.54) is 24.5 Å². The van der Waals surface area contributed by atoms with Crippen molar-refractivity contribution in [2.24, 2.45) is 0 Å². The fourth-order valence-corrected chi connectivity index (χ4v) is 3.55. The quantitative estimate of drug-likeness (QED) is 0.372. The minimum Gasteiger partial charge on any atom is -0.490 e. The number of morpholine rings is 1. The summed E-state index contributed by atoms with van der Waals surface area (Å²) in [7, 11) is 0. The first kappa shape index (κ1) is 26.8. The summed E-state index contributed by atoms with van der Waals surface area (Å²) in [5, 5.41) is 2.36. The Morgan fingerprint density at radius 2 is 1.79 bits per heavy atom. The van der Waals surface area contributed by atoms with Crippen LogP contribution in [0, 0.1) is 17.7 Å². The molecule has 38 heavy (non-hydrogen) atoms. The van der Waals surface area contributed by atoms with Gasteiger partial charge in [-0.05, 0) is 36.4 Å². The molecule has 12 heteroatoms. The number of amides is 1. The van der Waals surface area contributed by atoms with Gasteiger partial charge in [0.15, 0.2) is 0 Å². The van der Waals surface area contributed by atoms with Crippen LogP contribution in [-0.4, -0.2) is 60.2 Å². The number of nitrogens with one attached hydrogen (secondary N) is 1. The molecule has 198 valence electrons. The Balaban J connectivity index is 1.53. The molecule has 2 aromatic carbocycles. The van der Waals surface area contributed by atoms with E-state index in [9.17, 15) is 22.4 Å². The highest BCUT2D eigenvalue weighted by molar-refractivity contribution is 6.05. The maximum atomic E-state index is 14.5. The zero-order chi connectivity index (χ0) is 27.1. The highest BCUT2D eigenvalue weighted by Crippen LogP contribution is 2.35. The Morgan fingerprint density at radius 1 is 1.08 bits per heavy atom. The third-order valence-corrected chi connectivity index (χ3v) is 5.56. The van der Waals surface area contributed by atoms with Crippen molar-refractivity contribution in [2.75, 3.05) is 50.5 Å². The molecule has 0 saturated carbocycles. The van der Waals surface area contributed by atoms with Gasteiger partial charge in [0.25, 0.3) is 5.91 Å². The topological polar surface area (TPSA) is 103 Å². The van der Waals surface area contributed by atoms with Gasteiger partial charge in [0.05, 0.1) is 35.6 Å². The van der Waals surface area contributed by atoms with Crippen LogP contribution in [-0.2, 0) is 10.9 Å². The van der Waals surface area contributed by atoms with Crippen LogP contribution >= 0.6 is 0 Å². The molecule has 1 aromatic heterocycles. The predicted octanol–water partition coefficient (Wildman–Crippen LogP) is 3.58. The number of alkyl halides is 3. The maximum absolute atomic E-state index is 14.5. The Morgan fingerprint density at radius 3 is 2.50 bits per heavy atom. The van der Waals surface area contributed by atoms with Crippen LogP contribution in [0.1, 0.15) is 27.0 Å². The smallest absolute Gasteiger partial charge is 0.416 e. The molecule has 0 aliphatic carbocycles. The number of hydrogen-bond acceptors (Lipinski definition) is 7. The second-order valence-electron chi connectivity index (χ2n) is 8.24. The van der Waals surface area contributed by atoms with E-state index in [-0.39, 0.29) is 24.0 Å². The number of aromatic nitrogens is 2. The number of hydrogen-bond donors (Lipinski definition) is 2. The van der Waals surface area contributed by atoms with Crippen molar-refractivity contribution < 1.29 is 31.8 Å². The fraction of sp³-hybridized carbons (Fsp3) is 0.269. The summed E-state index contributed by atoms with van der Waals surface area (Å²) in [6.07, 6.45) is -1.85. The molecular formula is C26H23F4N5O3. The van der Waals surface area contributed by atoms with Gasteiger partial charge >= 0.3 is 6.18 Å². The largest absolute Gasteiger partial charge is 0.490 e. The first-order chi connectivity index (χ1) is 18.2. The van der Waals surface area contributed by atoms with Crippen molar-refractivity contribution in [1.29, 1.82) is 0 Å². The summed E-state index contributed by atoms with van der Waals surface area (Å²) in [5.41, 5.74) is 4.55. The van der Waals surface area contributed by atoms with Crippen LogP contribution in [0.5, 0.6) is 5.75 Å². The SMILES string of the molecule is Nc1ncc(C#Cc2ccc(F)c(C(=O)Nc3cc(C(F)(F)F)ccc3OCCN3CCOCC3)c2)cn1. The normalized spacial score (nSPS) is 13.9. The van der Waals surface area contributed by atoms with Gasteiger partial charge in [0.2, 0.25) is 5.95 Å². The molecule has 0 bridgehead atoms. The Labute approximate surface area is 215 Å². The van der Waals surface area contributed by atoms with Crippen molar-refractivity contribution in [2.45, 2.75) is 6.18 Å². The zero-order valence-electron chi connectivity index (χ0n) is 20.0. The average molecular weight is 529 g/mol. The molecule has 0 unspecified atom stereocenters. The Bertz CT molecular complexity index is 1350. The van der Waals surface area contributed by atoms with Gasteiger partial charge in [0, 0.05) is 37.6 Å². The van der Waals surface area contributed by atoms with Gasteiger partial charge in [-0.25, -0.2) is 14.4 Å². The summed E-state index contributed by atoms with van der Waals surface area (Å²) in [6.45, 7) is 3.29. The monoisotopic (exact) mass is 529 g/mol. The number of nitrogens with two attached hydrogens (primary N) is 1. The third kappa shape index (κ3) is 7.18. The lowest BCUT2D eigenvalue weighted by Gasteiger charge is -2.26. The van der Waals surface area contributed by atoms with E-state index in [2.05, 4.69) is 32.0 Å². The minimum absolute atomic E-state index is 0.0271. The summed E-state index contributed by atoms with van der Waals surface area (Å²) < 4.78 is 65.6. The number of ether oxygens (including phenoxy) is 2. The number of carbonyl (C=O) groups excluding carboxylic acids is 1. The van der Waals surface area contributed by atoms with E-state index in [0.717, 1.165) is 24.3 Å². The van der Waals surface area contributed by atoms with Crippen molar-refractivity contribution >= 4 is 17.5 Å². The van der Waals surface area contributed by atoms with E-state index in [1.54, 1.807) is 0 Å². The second-order valence-corrected chi connectivity index (χ2v) is 8.24. The summed E-state index contributed by atoms with van der Waals surface area (Å²) in [6, 6.07) is 6.35. The molecule has 0 radical (unpaired) electrons. The van der Waals surface area contributed by atoms with Crippen LogP contribution in [0.2, 0.25) is 0 Å². The predicted molar refractivity (Wildman–Crippen MR) is 131 cm³/mol. The van der Waals surface area contributed by atoms with Crippen molar-refractivity contribution in [3.05, 3.63) is 76.9 Å². The molecule has 3 N–H and O–H groups in total. The molecule has 2 heterocycles. The Hall–Kier alpha value is -4.21. The van der Waals surface area contributed by atoms with Gasteiger partial charge in [-0.15, -0.1) is 0 Å². The number of nitrogens with zero attached hydrogens (tertiary/aromatic N) is 3. The number of benzene rings is 2. The maximum Gasteiger partial charge on any atom is 0.416 e. The first-order valence-electron chi connectivity index (χ1n) is 11.5.